The van der Waals surface area contributed by atoms with Gasteiger partial charge >= 0.3 is 5.97 Å². The third kappa shape index (κ3) is 6.48. The van der Waals surface area contributed by atoms with Gasteiger partial charge in [0.2, 0.25) is 5.91 Å². The molecular weight excluding hydrogens is 470 g/mol. The predicted octanol–water partition coefficient (Wildman–Crippen LogP) is 3.92. The van der Waals surface area contributed by atoms with Gasteiger partial charge in [0.05, 0.1) is 39.3 Å². The van der Waals surface area contributed by atoms with Gasteiger partial charge in [-0.25, -0.2) is 9.79 Å². The Hall–Kier alpha value is -3.66. The van der Waals surface area contributed by atoms with Crippen molar-refractivity contribution in [2.75, 3.05) is 39.0 Å². The molecule has 0 saturated carbocycles. The van der Waals surface area contributed by atoms with Gasteiger partial charge in [0.15, 0.2) is 5.17 Å². The molecule has 35 heavy (non-hydrogen) atoms. The fourth-order valence-corrected chi connectivity index (χ4v) is 4.21. The number of hydrogen-bond donors (Lipinski definition) is 2. The SMILES string of the molecule is CCOC(=O)C1=C(C)NC(SCC(=O)Nc2ccc(OC)cc2)=N[C@@H]1c1ccc(OC)cc1OC. The Morgan fingerprint density at radius 1 is 1.03 bits per heavy atom. The molecule has 0 bridgehead atoms. The molecule has 10 heteroatoms. The van der Waals surface area contributed by atoms with Crippen LogP contribution >= 0.6 is 11.8 Å². The topological polar surface area (TPSA) is 107 Å². The number of amides is 1. The molecule has 0 spiro atoms. The molecule has 1 aliphatic heterocycles. The van der Waals surface area contributed by atoms with Crippen LogP contribution in [0.15, 0.2) is 58.7 Å². The summed E-state index contributed by atoms with van der Waals surface area (Å²) in [6, 6.07) is 11.7. The first-order chi connectivity index (χ1) is 16.9. The highest BCUT2D eigenvalue weighted by molar-refractivity contribution is 8.14. The van der Waals surface area contributed by atoms with E-state index in [2.05, 4.69) is 10.6 Å². The molecule has 186 valence electrons. The second-order valence-corrected chi connectivity index (χ2v) is 8.36. The number of rotatable bonds is 9. The monoisotopic (exact) mass is 499 g/mol. The molecule has 0 aliphatic carbocycles. The zero-order valence-electron chi connectivity index (χ0n) is 20.3. The van der Waals surface area contributed by atoms with E-state index >= 15 is 0 Å². The van der Waals surface area contributed by atoms with E-state index in [0.717, 1.165) is 0 Å². The first kappa shape index (κ1) is 26.0. The number of methoxy groups -OCH3 is 3. The molecule has 0 saturated heterocycles. The minimum absolute atomic E-state index is 0.117. The number of amidine groups is 1. The number of aliphatic imine (C=N–C) groups is 1. The van der Waals surface area contributed by atoms with Crippen molar-refractivity contribution in [2.24, 2.45) is 4.99 Å². The molecule has 0 aromatic heterocycles. The molecule has 2 N–H and O–H groups in total. The Kier molecular flexibility index (Phi) is 9.02. The van der Waals surface area contributed by atoms with Gasteiger partial charge in [-0.2, -0.15) is 0 Å². The Morgan fingerprint density at radius 2 is 1.71 bits per heavy atom. The summed E-state index contributed by atoms with van der Waals surface area (Å²) in [6.45, 7) is 3.76. The average Bonchev–Trinajstić information content (AvgIpc) is 2.87. The molecule has 1 amide bonds. The van der Waals surface area contributed by atoms with Crippen LogP contribution in [0.25, 0.3) is 0 Å². The number of benzene rings is 2. The molecule has 3 rings (SSSR count). The van der Waals surface area contributed by atoms with Crippen LogP contribution in [0.5, 0.6) is 17.2 Å². The first-order valence-electron chi connectivity index (χ1n) is 10.9. The van der Waals surface area contributed by atoms with E-state index in [9.17, 15) is 9.59 Å². The highest BCUT2D eigenvalue weighted by Crippen LogP contribution is 2.39. The lowest BCUT2D eigenvalue weighted by Crippen LogP contribution is -2.31. The van der Waals surface area contributed by atoms with Crippen molar-refractivity contribution in [3.8, 4) is 17.2 Å². The standard InChI is InChI=1S/C25H29N3O6S/c1-6-34-24(30)22-15(2)26-25(28-23(22)19-12-11-18(32-4)13-20(19)33-5)35-14-21(29)27-16-7-9-17(31-3)10-8-16/h7-13,23H,6,14H2,1-5H3,(H,26,28)(H,27,29)/t23-/m1/s1. The number of nitrogens with zero attached hydrogens (tertiary/aromatic N) is 1. The van der Waals surface area contributed by atoms with E-state index in [-0.39, 0.29) is 18.3 Å². The minimum Gasteiger partial charge on any atom is -0.497 e. The number of carbonyl (C=O) groups excluding carboxylic acids is 2. The summed E-state index contributed by atoms with van der Waals surface area (Å²) in [5.74, 6) is 1.30. The van der Waals surface area contributed by atoms with Gasteiger partial charge in [-0.1, -0.05) is 11.8 Å². The lowest BCUT2D eigenvalue weighted by molar-refractivity contribution is -0.139. The first-order valence-corrected chi connectivity index (χ1v) is 11.9. The number of hydrogen-bond acceptors (Lipinski definition) is 9. The van der Waals surface area contributed by atoms with Crippen LogP contribution < -0.4 is 24.8 Å². The van der Waals surface area contributed by atoms with Gasteiger partial charge in [0.25, 0.3) is 0 Å². The van der Waals surface area contributed by atoms with Gasteiger partial charge in [-0.3, -0.25) is 4.79 Å². The van der Waals surface area contributed by atoms with Crippen LogP contribution in [0.3, 0.4) is 0 Å². The fourth-order valence-electron chi connectivity index (χ4n) is 3.47. The molecule has 1 aliphatic rings. The average molecular weight is 500 g/mol. The molecule has 2 aromatic carbocycles. The molecule has 0 radical (unpaired) electrons. The Bertz CT molecular complexity index is 1130. The van der Waals surface area contributed by atoms with Crippen LogP contribution in [-0.2, 0) is 14.3 Å². The van der Waals surface area contributed by atoms with Crippen LogP contribution in [-0.4, -0.2) is 50.7 Å². The Labute approximate surface area is 208 Å². The van der Waals surface area contributed by atoms with Gasteiger partial charge in [-0.05, 0) is 50.2 Å². The lowest BCUT2D eigenvalue weighted by Gasteiger charge is -2.26. The summed E-state index contributed by atoms with van der Waals surface area (Å²) in [6.07, 6.45) is 0. The van der Waals surface area contributed by atoms with E-state index in [1.807, 2.05) is 6.07 Å². The summed E-state index contributed by atoms with van der Waals surface area (Å²) >= 11 is 1.23. The number of allylic oxidation sites excluding steroid dienone is 1. The van der Waals surface area contributed by atoms with Crippen molar-refractivity contribution in [1.29, 1.82) is 0 Å². The van der Waals surface area contributed by atoms with Crippen molar-refractivity contribution in [3.05, 3.63) is 59.3 Å². The highest BCUT2D eigenvalue weighted by Gasteiger charge is 2.32. The van der Waals surface area contributed by atoms with Gasteiger partial charge in [0, 0.05) is 23.0 Å². The number of ether oxygens (including phenoxy) is 4. The van der Waals surface area contributed by atoms with Gasteiger partial charge in [-0.15, -0.1) is 0 Å². The lowest BCUT2D eigenvalue weighted by atomic mass is 9.95. The largest absolute Gasteiger partial charge is 0.497 e. The van der Waals surface area contributed by atoms with Crippen molar-refractivity contribution in [3.63, 3.8) is 0 Å². The number of anilines is 1. The third-order valence-corrected chi connectivity index (χ3v) is 6.05. The second-order valence-electron chi connectivity index (χ2n) is 7.39. The summed E-state index contributed by atoms with van der Waals surface area (Å²) < 4.78 is 21.3. The van der Waals surface area contributed by atoms with Crippen LogP contribution in [0.1, 0.15) is 25.5 Å². The fraction of sp³-hybridized carbons (Fsp3) is 0.320. The third-order valence-electron chi connectivity index (χ3n) is 5.16. The van der Waals surface area contributed by atoms with E-state index in [0.29, 0.717) is 44.9 Å². The Balaban J connectivity index is 1.82. The van der Waals surface area contributed by atoms with E-state index in [4.69, 9.17) is 23.9 Å². The number of nitrogens with one attached hydrogen (secondary N) is 2. The maximum atomic E-state index is 12.8. The van der Waals surface area contributed by atoms with E-state index in [1.54, 1.807) is 71.6 Å². The smallest absolute Gasteiger partial charge is 0.338 e. The maximum absolute atomic E-state index is 12.8. The zero-order valence-corrected chi connectivity index (χ0v) is 21.2. The van der Waals surface area contributed by atoms with Crippen LogP contribution in [0.2, 0.25) is 0 Å². The van der Waals surface area contributed by atoms with Gasteiger partial charge < -0.3 is 29.6 Å². The van der Waals surface area contributed by atoms with Crippen molar-refractivity contribution in [2.45, 2.75) is 19.9 Å². The second kappa shape index (κ2) is 12.2. The normalized spacial score (nSPS) is 15.0. The number of carbonyl (C=O) groups is 2. The molecule has 0 fully saturated rings. The van der Waals surface area contributed by atoms with Crippen molar-refractivity contribution < 1.29 is 28.5 Å². The summed E-state index contributed by atoms with van der Waals surface area (Å²) in [5.41, 5.74) is 2.32. The van der Waals surface area contributed by atoms with Gasteiger partial charge in [0.1, 0.15) is 23.3 Å². The summed E-state index contributed by atoms with van der Waals surface area (Å²) in [4.78, 5) is 30.1. The number of thioether (sulfide) groups is 1. The highest BCUT2D eigenvalue weighted by atomic mass is 32.2. The molecule has 0 unspecified atom stereocenters. The zero-order chi connectivity index (χ0) is 25.4. The molecule has 1 heterocycles. The summed E-state index contributed by atoms with van der Waals surface area (Å²) in [5, 5.41) is 6.48. The minimum atomic E-state index is -0.677. The number of esters is 1. The van der Waals surface area contributed by atoms with E-state index in [1.165, 1.54) is 11.8 Å². The van der Waals surface area contributed by atoms with E-state index < -0.39 is 12.0 Å². The van der Waals surface area contributed by atoms with Crippen LogP contribution in [0.4, 0.5) is 5.69 Å². The predicted molar refractivity (Wildman–Crippen MR) is 136 cm³/mol. The summed E-state index contributed by atoms with van der Waals surface area (Å²) in [7, 11) is 4.69. The van der Waals surface area contributed by atoms with Crippen molar-refractivity contribution in [1.82, 2.24) is 5.32 Å². The quantitative estimate of drug-likeness (QED) is 0.500. The molecule has 2 aromatic rings. The molecule has 9 nitrogen and oxygen atoms in total. The maximum Gasteiger partial charge on any atom is 0.338 e. The van der Waals surface area contributed by atoms with Crippen LogP contribution in [0, 0.1) is 0 Å². The molecule has 1 atom stereocenters. The Morgan fingerprint density at radius 3 is 2.34 bits per heavy atom. The van der Waals surface area contributed by atoms with Crippen molar-refractivity contribution >= 4 is 34.5 Å². The molecular formula is C25H29N3O6S.